The number of benzene rings is 2. The van der Waals surface area contributed by atoms with Crippen LogP contribution < -0.4 is 5.32 Å². The first-order valence-corrected chi connectivity index (χ1v) is 15.1. The molecule has 1 aliphatic heterocycles. The molecule has 1 atom stereocenters. The third-order valence-corrected chi connectivity index (χ3v) is 8.96. The summed E-state index contributed by atoms with van der Waals surface area (Å²) < 4.78 is 20.4. The van der Waals surface area contributed by atoms with E-state index >= 15 is 4.39 Å². The molecule has 3 aliphatic rings. The largest absolute Gasteiger partial charge is 0.481 e. The average Bonchev–Trinajstić information content (AvgIpc) is 3.24. The summed E-state index contributed by atoms with van der Waals surface area (Å²) in [4.78, 5) is 49.9. The fourth-order valence-corrected chi connectivity index (χ4v) is 6.52. The van der Waals surface area contributed by atoms with Gasteiger partial charge in [0.15, 0.2) is 0 Å². The van der Waals surface area contributed by atoms with E-state index in [1.54, 1.807) is 18.9 Å². The number of ether oxygens (including phenoxy) is 1. The van der Waals surface area contributed by atoms with Gasteiger partial charge in [0.25, 0.3) is 5.91 Å². The lowest BCUT2D eigenvalue weighted by atomic mass is 9.72. The Morgan fingerprint density at radius 2 is 1.79 bits per heavy atom. The molecule has 1 fully saturated rings. The fourth-order valence-electron chi connectivity index (χ4n) is 6.52. The zero-order chi connectivity index (χ0) is 31.5. The van der Waals surface area contributed by atoms with Crippen LogP contribution >= 0.6 is 0 Å². The Labute approximate surface area is 253 Å². The molecule has 1 heterocycles. The maximum absolute atomic E-state index is 15.1. The first kappa shape index (κ1) is 32.3. The van der Waals surface area contributed by atoms with Crippen molar-refractivity contribution in [3.8, 4) is 0 Å². The summed E-state index contributed by atoms with van der Waals surface area (Å²) >= 11 is 0. The Hall–Kier alpha value is -3.59. The van der Waals surface area contributed by atoms with Crippen molar-refractivity contribution in [3.05, 3.63) is 64.0 Å². The number of carbonyl (C=O) groups is 4. The molecule has 2 aromatic rings. The summed E-state index contributed by atoms with van der Waals surface area (Å²) in [6, 6.07) is 8.18. The van der Waals surface area contributed by atoms with Crippen molar-refractivity contribution >= 4 is 29.3 Å². The number of methoxy groups -OCH3 is 1. The number of amides is 2. The lowest BCUT2D eigenvalue weighted by Crippen LogP contribution is -2.50. The summed E-state index contributed by atoms with van der Waals surface area (Å²) in [5.74, 6) is -1.73. The van der Waals surface area contributed by atoms with E-state index in [-0.39, 0.29) is 47.1 Å². The van der Waals surface area contributed by atoms with Gasteiger partial charge in [-0.2, -0.15) is 0 Å². The Bertz CT molecular complexity index is 1400. The van der Waals surface area contributed by atoms with Gasteiger partial charge in [-0.15, -0.1) is 0 Å². The maximum Gasteiger partial charge on any atom is 0.303 e. The van der Waals surface area contributed by atoms with Crippen molar-refractivity contribution in [1.29, 1.82) is 0 Å². The normalized spacial score (nSPS) is 21.4. The minimum absolute atomic E-state index is 0.0129. The van der Waals surface area contributed by atoms with Crippen LogP contribution in [0, 0.1) is 17.7 Å². The van der Waals surface area contributed by atoms with Crippen LogP contribution in [0.1, 0.15) is 93.7 Å². The number of nitrogens with one attached hydrogen (secondary N) is 1. The van der Waals surface area contributed by atoms with E-state index in [1.165, 1.54) is 6.07 Å². The molecular weight excluding hydrogens is 551 g/mol. The third kappa shape index (κ3) is 7.32. The Morgan fingerprint density at radius 1 is 1.09 bits per heavy atom. The number of carbonyl (C=O) groups excluding carboxylic acids is 3. The van der Waals surface area contributed by atoms with Crippen molar-refractivity contribution in [1.82, 2.24) is 4.90 Å². The van der Waals surface area contributed by atoms with Crippen LogP contribution in [-0.4, -0.2) is 47.2 Å². The van der Waals surface area contributed by atoms with Gasteiger partial charge in [0.2, 0.25) is 5.91 Å². The van der Waals surface area contributed by atoms with Crippen molar-refractivity contribution in [2.45, 2.75) is 90.7 Å². The van der Waals surface area contributed by atoms with Crippen LogP contribution in [0.2, 0.25) is 0 Å². The zero-order valence-corrected chi connectivity index (χ0v) is 25.8. The molecule has 0 aromatic heterocycles. The average molecular weight is 595 g/mol. The number of carboxylic acids is 1. The molecule has 8 nitrogen and oxygen atoms in total. The second-order valence-electron chi connectivity index (χ2n) is 12.7. The summed E-state index contributed by atoms with van der Waals surface area (Å²) in [6.45, 7) is 8.32. The van der Waals surface area contributed by atoms with Gasteiger partial charge in [-0.25, -0.2) is 4.39 Å². The van der Waals surface area contributed by atoms with Crippen LogP contribution in [0.5, 0.6) is 0 Å². The number of Topliss-reactive ketones (excluding diaryl/α,β-unsaturated/α-hetero) is 1. The number of rotatable bonds is 8. The molecule has 43 heavy (non-hydrogen) atoms. The van der Waals surface area contributed by atoms with E-state index in [2.05, 4.69) is 5.32 Å². The molecule has 1 saturated carbocycles. The molecule has 5 rings (SSSR count). The van der Waals surface area contributed by atoms with Gasteiger partial charge in [0, 0.05) is 38.1 Å². The summed E-state index contributed by atoms with van der Waals surface area (Å²) in [6.07, 6.45) is 3.96. The van der Waals surface area contributed by atoms with Gasteiger partial charge in [-0.05, 0) is 90.3 Å². The standard InChI is InChI=1S/C30H35FN2O5.C4H8O/c1-30(2)8-6-20-14-22(15-24(31)26(20)30)32-28(36)27-23-5-4-17(16-38-3)10-19(23)7-9-33(27)29(37)21-11-18(12-21)13-25(34)35;1-3-4(2)5/h4-5,10,14-15,18,21,27H,6-9,11-13,16H2,1-3H3,(H,32,36)(H,34,35);3H2,1-2H3/t18?,21?,27-;/m1./s1. The van der Waals surface area contributed by atoms with Gasteiger partial charge in [-0.3, -0.25) is 14.4 Å². The molecule has 2 aromatic carbocycles. The first-order valence-electron chi connectivity index (χ1n) is 15.1. The SMILES string of the molecule is CCC(C)=O.COCc1ccc2c(c1)CCN(C(=O)C1CC(CC(=O)O)C1)[C@H]2C(=O)Nc1cc(F)c2c(c1)CCC2(C)C. The summed E-state index contributed by atoms with van der Waals surface area (Å²) in [5, 5.41) is 12.0. The number of hydrogen-bond acceptors (Lipinski definition) is 5. The Balaban J connectivity index is 0.000000782. The van der Waals surface area contributed by atoms with Gasteiger partial charge in [-0.1, -0.05) is 39.0 Å². The van der Waals surface area contributed by atoms with Crippen molar-refractivity contribution in [2.24, 2.45) is 11.8 Å². The second-order valence-corrected chi connectivity index (χ2v) is 12.7. The molecule has 2 N–H and O–H groups in total. The minimum Gasteiger partial charge on any atom is -0.481 e. The molecule has 2 aliphatic carbocycles. The molecule has 0 saturated heterocycles. The van der Waals surface area contributed by atoms with E-state index in [9.17, 15) is 19.2 Å². The zero-order valence-electron chi connectivity index (χ0n) is 25.8. The number of fused-ring (bicyclic) bond motifs is 2. The van der Waals surface area contributed by atoms with Crippen LogP contribution in [0.3, 0.4) is 0 Å². The van der Waals surface area contributed by atoms with Crippen LogP contribution in [0.15, 0.2) is 30.3 Å². The molecular formula is C34H43FN2O6. The third-order valence-electron chi connectivity index (χ3n) is 8.96. The highest BCUT2D eigenvalue weighted by molar-refractivity contribution is 5.99. The molecule has 0 bridgehead atoms. The van der Waals surface area contributed by atoms with Crippen molar-refractivity contribution < 1.29 is 33.4 Å². The number of carboxylic acid groups (broad SMARTS) is 1. The lowest BCUT2D eigenvalue weighted by molar-refractivity contribution is -0.149. The van der Waals surface area contributed by atoms with E-state index in [0.29, 0.717) is 50.1 Å². The molecule has 2 amide bonds. The highest BCUT2D eigenvalue weighted by Gasteiger charge is 2.43. The number of halogens is 1. The van der Waals surface area contributed by atoms with Gasteiger partial charge < -0.3 is 24.9 Å². The smallest absolute Gasteiger partial charge is 0.303 e. The molecule has 0 radical (unpaired) electrons. The molecule has 0 spiro atoms. The first-order chi connectivity index (χ1) is 20.3. The summed E-state index contributed by atoms with van der Waals surface area (Å²) in [7, 11) is 1.63. The van der Waals surface area contributed by atoms with Gasteiger partial charge in [0.05, 0.1) is 6.61 Å². The van der Waals surface area contributed by atoms with Crippen LogP contribution in [0.4, 0.5) is 10.1 Å². The number of aliphatic carboxylic acids is 1. The fraction of sp³-hybridized carbons (Fsp3) is 0.529. The number of ketones is 1. The highest BCUT2D eigenvalue weighted by Crippen LogP contribution is 2.43. The lowest BCUT2D eigenvalue weighted by Gasteiger charge is -2.42. The number of hydrogen-bond donors (Lipinski definition) is 2. The van der Waals surface area contributed by atoms with E-state index in [0.717, 1.165) is 35.1 Å². The van der Waals surface area contributed by atoms with Gasteiger partial charge in [0.1, 0.15) is 17.6 Å². The maximum atomic E-state index is 15.1. The van der Waals surface area contributed by atoms with Crippen LogP contribution in [0.25, 0.3) is 0 Å². The second kappa shape index (κ2) is 13.4. The van der Waals surface area contributed by atoms with Gasteiger partial charge >= 0.3 is 5.97 Å². The highest BCUT2D eigenvalue weighted by atomic mass is 19.1. The van der Waals surface area contributed by atoms with E-state index in [4.69, 9.17) is 9.84 Å². The monoisotopic (exact) mass is 594 g/mol. The number of nitrogens with zero attached hydrogens (tertiary/aromatic N) is 1. The summed E-state index contributed by atoms with van der Waals surface area (Å²) in [5.41, 5.74) is 4.50. The van der Waals surface area contributed by atoms with E-state index in [1.807, 2.05) is 45.0 Å². The quantitative estimate of drug-likeness (QED) is 0.403. The molecule has 9 heteroatoms. The van der Waals surface area contributed by atoms with Crippen LogP contribution in [-0.2, 0) is 48.8 Å². The Kier molecular flexibility index (Phi) is 10.1. The minimum atomic E-state index is -0.859. The predicted molar refractivity (Wildman–Crippen MR) is 161 cm³/mol. The predicted octanol–water partition coefficient (Wildman–Crippen LogP) is 5.75. The van der Waals surface area contributed by atoms with E-state index < -0.39 is 12.0 Å². The molecule has 232 valence electrons. The number of anilines is 1. The van der Waals surface area contributed by atoms with Crippen molar-refractivity contribution in [3.63, 3.8) is 0 Å². The Morgan fingerprint density at radius 3 is 2.42 bits per heavy atom. The molecule has 0 unspecified atom stereocenters. The number of aryl methyl sites for hydroxylation is 1. The topological polar surface area (TPSA) is 113 Å². The van der Waals surface area contributed by atoms with Crippen molar-refractivity contribution in [2.75, 3.05) is 19.0 Å².